The molecule has 0 fully saturated rings. The van der Waals surface area contributed by atoms with Gasteiger partial charge >= 0.3 is 221 Å². The molecule has 0 aliphatic rings. The first-order valence-electron chi connectivity index (χ1n) is 15.7. The van der Waals surface area contributed by atoms with Crippen LogP contribution in [0.25, 0.3) is 65.7 Å². The fourth-order valence-corrected chi connectivity index (χ4v) is 10.6. The van der Waals surface area contributed by atoms with Gasteiger partial charge < -0.3 is 0 Å². The van der Waals surface area contributed by atoms with Gasteiger partial charge in [-0.1, -0.05) is 30.3 Å². The summed E-state index contributed by atoms with van der Waals surface area (Å²) in [6, 6.07) is 50.7. The summed E-state index contributed by atoms with van der Waals surface area (Å²) >= 11 is 0. The second-order valence-corrected chi connectivity index (χ2v) is 17.2. The molecule has 0 saturated carbocycles. The molecule has 0 radical (unpaired) electrons. The summed E-state index contributed by atoms with van der Waals surface area (Å²) in [6.45, 7) is 8.66. The Morgan fingerprint density at radius 2 is 0.864 bits per heavy atom. The molecule has 0 aliphatic carbocycles. The van der Waals surface area contributed by atoms with Gasteiger partial charge in [0, 0.05) is 0 Å². The Labute approximate surface area is 261 Å². The molecule has 0 unspecified atom stereocenters. The Morgan fingerprint density at radius 3 is 1.43 bits per heavy atom. The van der Waals surface area contributed by atoms with Crippen LogP contribution in [0.1, 0.15) is 27.7 Å². The van der Waals surface area contributed by atoms with Crippen LogP contribution < -0.4 is 5.30 Å². The Hall–Kier alpha value is -4.29. The molecule has 44 heavy (non-hydrogen) atoms. The first kappa shape index (κ1) is 28.5. The molecule has 0 saturated heterocycles. The van der Waals surface area contributed by atoms with E-state index in [-0.39, 0.29) is 11.3 Å². The van der Waals surface area contributed by atoms with Crippen molar-refractivity contribution in [3.8, 4) is 33.4 Å². The first-order chi connectivity index (χ1) is 21.4. The maximum absolute atomic E-state index is 11.9. The summed E-state index contributed by atoms with van der Waals surface area (Å²) in [4.78, 5) is 11.9. The molecule has 0 amide bonds. The third kappa shape index (κ3) is 4.72. The first-order valence-corrected chi connectivity index (χ1v) is 17.8. The number of rotatable bonds is 6. The Bertz CT molecular complexity index is 2090. The molecule has 0 spiro atoms. The van der Waals surface area contributed by atoms with Crippen LogP contribution in [0.15, 0.2) is 140 Å². The van der Waals surface area contributed by atoms with E-state index in [1.807, 2.05) is 0 Å². The Kier molecular flexibility index (Phi) is 7.33. The van der Waals surface area contributed by atoms with Gasteiger partial charge in [-0.25, -0.2) is 0 Å². The molecule has 1 N–H and O–H groups in total. The summed E-state index contributed by atoms with van der Waals surface area (Å²) in [5.74, 6) is 0. The number of hydrogen-bond donors (Lipinski definition) is 1. The molecule has 7 rings (SSSR count). The molecule has 0 aromatic heterocycles. The number of hydrogen-bond acceptors (Lipinski definition) is 1. The van der Waals surface area contributed by atoms with Crippen LogP contribution in [-0.2, 0) is 0 Å². The van der Waals surface area contributed by atoms with Crippen LogP contribution >= 0.6 is 7.49 Å². The van der Waals surface area contributed by atoms with Crippen molar-refractivity contribution in [2.75, 3.05) is 0 Å². The van der Waals surface area contributed by atoms with Crippen molar-refractivity contribution < 1.29 is 4.89 Å². The minimum atomic E-state index is -2.65. The fourth-order valence-electron chi connectivity index (χ4n) is 7.23. The van der Waals surface area contributed by atoms with Crippen LogP contribution in [-0.4, -0.2) is 16.2 Å². The zero-order chi connectivity index (χ0) is 30.4. The average molecular weight is 591 g/mol. The van der Waals surface area contributed by atoms with Crippen molar-refractivity contribution in [2.24, 2.45) is 0 Å². The van der Waals surface area contributed by atoms with Crippen LogP contribution in [0.3, 0.4) is 0 Å². The van der Waals surface area contributed by atoms with Crippen molar-refractivity contribution in [1.82, 2.24) is 0 Å². The van der Waals surface area contributed by atoms with Crippen molar-refractivity contribution in [1.29, 1.82) is 0 Å². The second-order valence-electron chi connectivity index (χ2n) is 12.7. The van der Waals surface area contributed by atoms with Gasteiger partial charge in [-0.3, -0.25) is 0 Å². The van der Waals surface area contributed by atoms with Crippen molar-refractivity contribution >= 4 is 45.1 Å². The fraction of sp³-hybridized carbons (Fsp3) is 0.143. The zero-order valence-corrected chi connectivity index (χ0v) is 26.9. The van der Waals surface area contributed by atoms with E-state index in [1.165, 1.54) is 60.1 Å². The van der Waals surface area contributed by atoms with Gasteiger partial charge in [0.25, 0.3) is 0 Å². The summed E-state index contributed by atoms with van der Waals surface area (Å²) in [5.41, 5.74) is 7.77. The van der Waals surface area contributed by atoms with Gasteiger partial charge in [0.05, 0.1) is 0 Å². The predicted octanol–water partition coefficient (Wildman–Crippen LogP) is 11.2. The van der Waals surface area contributed by atoms with Crippen molar-refractivity contribution in [3.05, 3.63) is 140 Å². The van der Waals surface area contributed by atoms with Gasteiger partial charge in [-0.15, -0.1) is 0 Å². The quantitative estimate of drug-likeness (QED) is 0.151. The summed E-state index contributed by atoms with van der Waals surface area (Å²) in [6.07, 6.45) is 0. The SMILES string of the molecule is CC(C)[PH](O)(c1cccc(-c2cccc(-c3c4ccccc4c(-c4ccc5ccccc5c4)c4ccccc34)c2)c1)C(C)C. The van der Waals surface area contributed by atoms with E-state index in [9.17, 15) is 4.89 Å². The van der Waals surface area contributed by atoms with E-state index in [2.05, 4.69) is 167 Å². The molecule has 0 heterocycles. The third-order valence-corrected chi connectivity index (χ3v) is 14.3. The maximum atomic E-state index is 11.9. The number of benzene rings is 7. The van der Waals surface area contributed by atoms with Crippen LogP contribution in [0, 0.1) is 0 Å². The van der Waals surface area contributed by atoms with Gasteiger partial charge in [0.1, 0.15) is 0 Å². The van der Waals surface area contributed by atoms with E-state index in [4.69, 9.17) is 0 Å². The second kappa shape index (κ2) is 11.3. The molecule has 7 aromatic carbocycles. The van der Waals surface area contributed by atoms with Gasteiger partial charge in [-0.05, 0) is 10.8 Å². The normalized spacial score (nSPS) is 12.5. The summed E-state index contributed by atoms with van der Waals surface area (Å²) in [7, 11) is -2.65. The van der Waals surface area contributed by atoms with Gasteiger partial charge in [0.15, 0.2) is 0 Å². The van der Waals surface area contributed by atoms with Gasteiger partial charge in [0.2, 0.25) is 0 Å². The van der Waals surface area contributed by atoms with Crippen molar-refractivity contribution in [3.63, 3.8) is 0 Å². The molecule has 0 bridgehead atoms. The minimum absolute atomic E-state index is 0.239. The zero-order valence-electron chi connectivity index (χ0n) is 25.9. The third-order valence-electron chi connectivity index (χ3n) is 9.54. The van der Waals surface area contributed by atoms with Crippen LogP contribution in [0.5, 0.6) is 0 Å². The van der Waals surface area contributed by atoms with E-state index in [0.717, 1.165) is 10.9 Å². The van der Waals surface area contributed by atoms with Gasteiger partial charge in [-0.2, -0.15) is 0 Å². The molecule has 0 atom stereocenters. The summed E-state index contributed by atoms with van der Waals surface area (Å²) < 4.78 is 0. The van der Waals surface area contributed by atoms with Crippen LogP contribution in [0.4, 0.5) is 0 Å². The van der Waals surface area contributed by atoms with E-state index < -0.39 is 7.49 Å². The number of fused-ring (bicyclic) bond motifs is 3. The molecule has 1 nitrogen and oxygen atoms in total. The average Bonchev–Trinajstić information content (AvgIpc) is 3.06. The molecule has 2 heteroatoms. The topological polar surface area (TPSA) is 20.2 Å². The summed E-state index contributed by atoms with van der Waals surface area (Å²) in [5, 5.41) is 8.64. The van der Waals surface area contributed by atoms with E-state index in [0.29, 0.717) is 0 Å². The van der Waals surface area contributed by atoms with E-state index in [1.54, 1.807) is 0 Å². The Morgan fingerprint density at radius 1 is 0.409 bits per heavy atom. The molecule has 218 valence electrons. The molecule has 0 aliphatic heterocycles. The Balaban J connectivity index is 1.44. The monoisotopic (exact) mass is 590 g/mol. The molecular weight excluding hydrogens is 551 g/mol. The predicted molar refractivity (Wildman–Crippen MR) is 196 cm³/mol. The van der Waals surface area contributed by atoms with E-state index >= 15 is 0 Å². The molecule has 7 aromatic rings. The molecular formula is C42H39OP. The van der Waals surface area contributed by atoms with Crippen molar-refractivity contribution in [2.45, 2.75) is 39.0 Å². The standard InChI is InChI=1S/C42H39OP/c1-28(2)44(43,29(3)4)36-18-12-16-33(27-36)32-15-11-17-34(26-32)41-37-19-7-9-21-39(37)42(40-22-10-8-20-38(40)41)35-24-23-30-13-5-6-14-31(30)25-35/h5-29,43-44H,1-4H3. The van der Waals surface area contributed by atoms with Crippen LogP contribution in [0.2, 0.25) is 0 Å².